The SMILES string of the molecule is COc1ccc([C@@H]2CC(c3c(-c4ccccc4)c4cc(Cl)ccc4[nH]c3=O)=NN2C(C)=O)c(OC)c1. The number of aromatic nitrogens is 1. The molecule has 8 heteroatoms. The van der Waals surface area contributed by atoms with E-state index in [0.717, 1.165) is 22.1 Å². The average molecular weight is 502 g/mol. The van der Waals surface area contributed by atoms with Gasteiger partial charge in [-0.3, -0.25) is 9.59 Å². The standard InChI is InChI=1S/C28H24ClN3O4/c1-16(33)32-24(20-11-10-19(35-2)14-25(20)36-3)15-23(31-32)27-26(17-7-5-4-6-8-17)21-13-18(29)9-12-22(21)30-28(27)34/h4-14,24H,15H2,1-3H3,(H,30,34)/t24-/m0/s1. The molecule has 0 spiro atoms. The highest BCUT2D eigenvalue weighted by atomic mass is 35.5. The van der Waals surface area contributed by atoms with E-state index in [9.17, 15) is 9.59 Å². The van der Waals surface area contributed by atoms with Crippen LogP contribution in [-0.4, -0.2) is 35.8 Å². The van der Waals surface area contributed by atoms with Crippen molar-refractivity contribution >= 4 is 34.1 Å². The number of amides is 1. The number of rotatable bonds is 5. The third kappa shape index (κ3) is 4.12. The molecule has 7 nitrogen and oxygen atoms in total. The second-order valence-corrected chi connectivity index (χ2v) is 8.93. The number of carbonyl (C=O) groups excluding carboxylic acids is 1. The molecule has 1 N–H and O–H groups in total. The van der Waals surface area contributed by atoms with Crippen molar-refractivity contribution in [2.24, 2.45) is 5.10 Å². The van der Waals surface area contributed by atoms with Gasteiger partial charge in [-0.15, -0.1) is 0 Å². The Bertz CT molecular complexity index is 1560. The molecule has 2 heterocycles. The molecule has 0 bridgehead atoms. The maximum Gasteiger partial charge on any atom is 0.258 e. The molecule has 182 valence electrons. The minimum Gasteiger partial charge on any atom is -0.497 e. The van der Waals surface area contributed by atoms with E-state index in [0.29, 0.717) is 39.7 Å². The molecule has 1 atom stereocenters. The molecule has 1 aromatic heterocycles. The van der Waals surface area contributed by atoms with E-state index < -0.39 is 6.04 Å². The highest BCUT2D eigenvalue weighted by Crippen LogP contribution is 2.41. The Hall–Kier alpha value is -4.10. The third-order valence-corrected chi connectivity index (χ3v) is 6.59. The lowest BCUT2D eigenvalue weighted by atomic mass is 9.91. The number of pyridine rings is 1. The zero-order chi connectivity index (χ0) is 25.4. The number of benzene rings is 3. The second kappa shape index (κ2) is 9.51. The number of nitrogens with one attached hydrogen (secondary N) is 1. The first-order chi connectivity index (χ1) is 17.4. The lowest BCUT2D eigenvalue weighted by Crippen LogP contribution is -2.24. The summed E-state index contributed by atoms with van der Waals surface area (Å²) < 4.78 is 10.9. The molecule has 36 heavy (non-hydrogen) atoms. The maximum atomic E-state index is 13.5. The predicted molar refractivity (Wildman–Crippen MR) is 141 cm³/mol. The van der Waals surface area contributed by atoms with Crippen LogP contribution in [0.5, 0.6) is 11.5 Å². The van der Waals surface area contributed by atoms with E-state index >= 15 is 0 Å². The Balaban J connectivity index is 1.72. The number of hydrogen-bond donors (Lipinski definition) is 1. The molecule has 1 amide bonds. The van der Waals surface area contributed by atoms with Crippen molar-refractivity contribution in [3.05, 3.63) is 93.2 Å². The summed E-state index contributed by atoms with van der Waals surface area (Å²) in [5.41, 5.74) is 3.66. The lowest BCUT2D eigenvalue weighted by molar-refractivity contribution is -0.130. The highest BCUT2D eigenvalue weighted by Gasteiger charge is 2.35. The van der Waals surface area contributed by atoms with Crippen LogP contribution in [0.2, 0.25) is 5.02 Å². The van der Waals surface area contributed by atoms with Crippen molar-refractivity contribution in [3.63, 3.8) is 0 Å². The van der Waals surface area contributed by atoms with E-state index in [1.807, 2.05) is 48.5 Å². The van der Waals surface area contributed by atoms with Gasteiger partial charge < -0.3 is 14.5 Å². The van der Waals surface area contributed by atoms with Crippen LogP contribution < -0.4 is 15.0 Å². The fraction of sp³-hybridized carbons (Fsp3) is 0.179. The van der Waals surface area contributed by atoms with Crippen LogP contribution in [0.4, 0.5) is 0 Å². The van der Waals surface area contributed by atoms with Crippen molar-refractivity contribution in [2.75, 3.05) is 14.2 Å². The molecular weight excluding hydrogens is 478 g/mol. The molecule has 0 aliphatic carbocycles. The van der Waals surface area contributed by atoms with E-state index in [2.05, 4.69) is 10.1 Å². The van der Waals surface area contributed by atoms with Gasteiger partial charge in [-0.2, -0.15) is 5.10 Å². The smallest absolute Gasteiger partial charge is 0.258 e. The van der Waals surface area contributed by atoms with Gasteiger partial charge in [-0.25, -0.2) is 5.01 Å². The number of fused-ring (bicyclic) bond motifs is 1. The largest absolute Gasteiger partial charge is 0.497 e. The van der Waals surface area contributed by atoms with Gasteiger partial charge in [0.2, 0.25) is 5.91 Å². The van der Waals surface area contributed by atoms with E-state index in [1.54, 1.807) is 32.4 Å². The number of halogens is 1. The van der Waals surface area contributed by atoms with Crippen molar-refractivity contribution in [1.82, 2.24) is 9.99 Å². The van der Waals surface area contributed by atoms with Crippen LogP contribution >= 0.6 is 11.6 Å². The first-order valence-corrected chi connectivity index (χ1v) is 11.8. The second-order valence-electron chi connectivity index (χ2n) is 8.50. The number of aromatic amines is 1. The zero-order valence-corrected chi connectivity index (χ0v) is 20.8. The van der Waals surface area contributed by atoms with Crippen LogP contribution in [0, 0.1) is 0 Å². The van der Waals surface area contributed by atoms with Crippen LogP contribution in [0.25, 0.3) is 22.0 Å². The first-order valence-electron chi connectivity index (χ1n) is 11.4. The number of methoxy groups -OCH3 is 2. The molecule has 3 aromatic carbocycles. The van der Waals surface area contributed by atoms with E-state index in [4.69, 9.17) is 21.1 Å². The molecule has 5 rings (SSSR count). The van der Waals surface area contributed by atoms with Crippen LogP contribution in [0.3, 0.4) is 0 Å². The van der Waals surface area contributed by atoms with Gasteiger partial charge in [0, 0.05) is 46.5 Å². The minimum absolute atomic E-state index is 0.241. The highest BCUT2D eigenvalue weighted by molar-refractivity contribution is 6.31. The molecule has 1 aliphatic rings. The van der Waals surface area contributed by atoms with Gasteiger partial charge in [0.15, 0.2) is 0 Å². The molecule has 4 aromatic rings. The van der Waals surface area contributed by atoms with Crippen molar-refractivity contribution in [3.8, 4) is 22.6 Å². The van der Waals surface area contributed by atoms with Crippen molar-refractivity contribution in [1.29, 1.82) is 0 Å². The molecular formula is C28H24ClN3O4. The summed E-state index contributed by atoms with van der Waals surface area (Å²) in [5.74, 6) is 0.970. The lowest BCUT2D eigenvalue weighted by Gasteiger charge is -2.22. The Morgan fingerprint density at radius 1 is 1.03 bits per heavy atom. The van der Waals surface area contributed by atoms with E-state index in [1.165, 1.54) is 11.9 Å². The molecule has 1 aliphatic heterocycles. The third-order valence-electron chi connectivity index (χ3n) is 6.36. The van der Waals surface area contributed by atoms with Gasteiger partial charge in [-0.05, 0) is 35.9 Å². The van der Waals surface area contributed by atoms with Crippen molar-refractivity contribution in [2.45, 2.75) is 19.4 Å². The first kappa shape index (κ1) is 23.6. The summed E-state index contributed by atoms with van der Waals surface area (Å²) in [4.78, 5) is 29.2. The number of carbonyl (C=O) groups is 1. The molecule has 0 radical (unpaired) electrons. The predicted octanol–water partition coefficient (Wildman–Crippen LogP) is 5.56. The Morgan fingerprint density at radius 3 is 2.50 bits per heavy atom. The zero-order valence-electron chi connectivity index (χ0n) is 20.0. The monoisotopic (exact) mass is 501 g/mol. The number of nitrogens with zero attached hydrogens (tertiary/aromatic N) is 2. The number of hydrogen-bond acceptors (Lipinski definition) is 5. The average Bonchev–Trinajstić information content (AvgIpc) is 3.33. The number of H-pyrrole nitrogens is 1. The van der Waals surface area contributed by atoms with Crippen molar-refractivity contribution < 1.29 is 14.3 Å². The van der Waals surface area contributed by atoms with Gasteiger partial charge in [-0.1, -0.05) is 41.9 Å². The summed E-state index contributed by atoms with van der Waals surface area (Å²) in [7, 11) is 3.15. The van der Waals surface area contributed by atoms with Gasteiger partial charge >= 0.3 is 0 Å². The quantitative estimate of drug-likeness (QED) is 0.388. The fourth-order valence-corrected chi connectivity index (χ4v) is 4.90. The summed E-state index contributed by atoms with van der Waals surface area (Å²) in [6.07, 6.45) is 0.331. The topological polar surface area (TPSA) is 84.0 Å². The minimum atomic E-state index is -0.448. The summed E-state index contributed by atoms with van der Waals surface area (Å²) in [5, 5.41) is 7.43. The number of ether oxygens (including phenoxy) is 2. The number of hydrazone groups is 1. The fourth-order valence-electron chi connectivity index (χ4n) is 4.73. The Morgan fingerprint density at radius 2 is 1.81 bits per heavy atom. The Labute approximate surface area is 212 Å². The van der Waals surface area contributed by atoms with Gasteiger partial charge in [0.25, 0.3) is 5.56 Å². The summed E-state index contributed by atoms with van der Waals surface area (Å²) in [6.45, 7) is 1.46. The summed E-state index contributed by atoms with van der Waals surface area (Å²) in [6, 6.07) is 20.0. The molecule has 0 saturated heterocycles. The molecule has 0 saturated carbocycles. The van der Waals surface area contributed by atoms with Crippen LogP contribution in [0.15, 0.2) is 76.6 Å². The molecule has 0 fully saturated rings. The van der Waals surface area contributed by atoms with Gasteiger partial charge in [0.05, 0.1) is 31.5 Å². The normalized spacial score (nSPS) is 15.2. The van der Waals surface area contributed by atoms with Crippen LogP contribution in [0.1, 0.15) is 30.5 Å². The maximum absolute atomic E-state index is 13.5. The molecule has 0 unspecified atom stereocenters. The van der Waals surface area contributed by atoms with Crippen LogP contribution in [-0.2, 0) is 4.79 Å². The summed E-state index contributed by atoms with van der Waals surface area (Å²) >= 11 is 6.36. The Kier molecular flexibility index (Phi) is 6.24. The van der Waals surface area contributed by atoms with Gasteiger partial charge in [0.1, 0.15) is 11.5 Å². The van der Waals surface area contributed by atoms with E-state index in [-0.39, 0.29) is 11.5 Å².